The quantitative estimate of drug-likeness (QED) is 0.0667. The van der Waals surface area contributed by atoms with Crippen molar-refractivity contribution in [1.29, 1.82) is 0 Å². The molecule has 9 N–H and O–H groups in total. The maximum absolute atomic E-state index is 13.9. The topological polar surface area (TPSA) is 331 Å². The van der Waals surface area contributed by atoms with E-state index in [0.717, 1.165) is 24.3 Å². The van der Waals surface area contributed by atoms with Crippen molar-refractivity contribution < 1.29 is 93.8 Å². The lowest BCUT2D eigenvalue weighted by molar-refractivity contribution is -0.355. The van der Waals surface area contributed by atoms with Crippen LogP contribution in [-0.2, 0) is 23.7 Å². The predicted octanol–water partition coefficient (Wildman–Crippen LogP) is -1.27. The fourth-order valence-electron chi connectivity index (χ4n) is 6.13. The van der Waals surface area contributed by atoms with Crippen LogP contribution in [0.4, 0.5) is 0 Å². The molecular formula is C37H36O20-2. The first-order chi connectivity index (χ1) is 27.0. The lowest BCUT2D eigenvalue weighted by Crippen LogP contribution is -2.64. The van der Waals surface area contributed by atoms with E-state index in [1.165, 1.54) is 38.3 Å². The first kappa shape index (κ1) is 40.8. The third-order valence-electron chi connectivity index (χ3n) is 9.20. The average molecular weight is 801 g/mol. The molecule has 10 atom stereocenters. The van der Waals surface area contributed by atoms with Gasteiger partial charge in [0.2, 0.25) is 17.5 Å². The molecule has 0 radical (unpaired) electrons. The Bertz CT molecular complexity index is 2190. The number of carbonyl (C=O) groups is 1. The molecule has 3 heterocycles. The van der Waals surface area contributed by atoms with Crippen LogP contribution >= 0.6 is 0 Å². The van der Waals surface area contributed by atoms with Gasteiger partial charge < -0.3 is 89.0 Å². The van der Waals surface area contributed by atoms with E-state index in [1.54, 1.807) is 0 Å². The standard InChI is InChI=1S/C37H38O20/c1-13-26(44)31(49)35(57-36-32(50)30(48)28(46)23(55-36)12-52-24(43)6-4-14-3-5-17(39)21(7-14)51-2)37(53-13)56-34-29(47)25-18(40)10-16(38)11-22(25)54-33(34)15-8-19(41)27(45)20(42)9-15/h3-11,13,23,26,28,30-32,35-42,44-46,48-50H,12H2,1-2H3/p-2/b6-4+/t13-,23+,26-,28+,30-,31+,32+,35+,36-,37-/m0/s1. The number of ether oxygens (including phenoxy) is 6. The minimum absolute atomic E-state index is 0.134. The Kier molecular flexibility index (Phi) is 11.7. The molecule has 1 aromatic heterocycles. The third-order valence-corrected chi connectivity index (χ3v) is 9.20. The maximum Gasteiger partial charge on any atom is 0.330 e. The van der Waals surface area contributed by atoms with Crippen LogP contribution < -0.4 is 25.1 Å². The van der Waals surface area contributed by atoms with Crippen molar-refractivity contribution >= 4 is 23.0 Å². The van der Waals surface area contributed by atoms with Crippen molar-refractivity contribution in [3.05, 3.63) is 64.3 Å². The zero-order valence-electron chi connectivity index (χ0n) is 29.7. The van der Waals surface area contributed by atoms with Crippen LogP contribution in [0, 0.1) is 0 Å². The van der Waals surface area contributed by atoms with E-state index in [-0.39, 0.29) is 17.1 Å². The fraction of sp³-hybridized carbons (Fsp3) is 0.351. The van der Waals surface area contributed by atoms with Crippen LogP contribution in [0.15, 0.2) is 57.8 Å². The fourth-order valence-corrected chi connectivity index (χ4v) is 6.13. The van der Waals surface area contributed by atoms with Crippen molar-refractivity contribution in [2.75, 3.05) is 13.7 Å². The molecule has 2 aliphatic rings. The number of hydrogen-bond donors (Lipinski definition) is 9. The van der Waals surface area contributed by atoms with Crippen molar-refractivity contribution in [2.24, 2.45) is 0 Å². The number of rotatable bonds is 10. The zero-order chi connectivity index (χ0) is 41.5. The van der Waals surface area contributed by atoms with Crippen LogP contribution in [-0.4, -0.2) is 127 Å². The van der Waals surface area contributed by atoms with Gasteiger partial charge in [-0.2, -0.15) is 0 Å². The third kappa shape index (κ3) is 8.19. The van der Waals surface area contributed by atoms with Gasteiger partial charge in [0.15, 0.2) is 29.7 Å². The minimum Gasteiger partial charge on any atom is -0.872 e. The molecule has 2 fully saturated rings. The van der Waals surface area contributed by atoms with Gasteiger partial charge >= 0.3 is 5.97 Å². The summed E-state index contributed by atoms with van der Waals surface area (Å²) < 4.78 is 38.9. The number of methoxy groups -OCH3 is 1. The summed E-state index contributed by atoms with van der Waals surface area (Å²) in [6, 6.07) is 7.46. The number of aliphatic hydroxyl groups is 5. The summed E-state index contributed by atoms with van der Waals surface area (Å²) in [6.07, 6.45) is -16.0. The summed E-state index contributed by atoms with van der Waals surface area (Å²) in [7, 11) is 1.34. The van der Waals surface area contributed by atoms with Crippen molar-refractivity contribution in [2.45, 2.75) is 68.3 Å². The number of benzene rings is 3. The Morgan fingerprint density at radius 3 is 2.23 bits per heavy atom. The highest BCUT2D eigenvalue weighted by atomic mass is 16.8. The van der Waals surface area contributed by atoms with E-state index in [0.29, 0.717) is 11.6 Å². The molecule has 0 amide bonds. The van der Waals surface area contributed by atoms with Gasteiger partial charge in [-0.25, -0.2) is 4.79 Å². The van der Waals surface area contributed by atoms with Gasteiger partial charge in [0.25, 0.3) is 0 Å². The number of carbonyl (C=O) groups excluding carboxylic acids is 1. The predicted molar refractivity (Wildman–Crippen MR) is 185 cm³/mol. The molecule has 2 saturated heterocycles. The molecule has 306 valence electrons. The van der Waals surface area contributed by atoms with Crippen LogP contribution in [0.2, 0.25) is 0 Å². The van der Waals surface area contributed by atoms with E-state index in [2.05, 4.69) is 0 Å². The van der Waals surface area contributed by atoms with Crippen LogP contribution in [0.5, 0.6) is 46.0 Å². The van der Waals surface area contributed by atoms with E-state index >= 15 is 0 Å². The van der Waals surface area contributed by atoms with Crippen molar-refractivity contribution in [3.8, 4) is 57.3 Å². The van der Waals surface area contributed by atoms with Crippen molar-refractivity contribution in [3.63, 3.8) is 0 Å². The second-order valence-electron chi connectivity index (χ2n) is 13.1. The summed E-state index contributed by atoms with van der Waals surface area (Å²) in [4.78, 5) is 26.4. The molecule has 0 bridgehead atoms. The normalized spacial score (nSPS) is 27.7. The first-order valence-corrected chi connectivity index (χ1v) is 17.0. The number of aliphatic hydroxyl groups excluding tert-OH is 5. The van der Waals surface area contributed by atoms with Gasteiger partial charge in [-0.15, -0.1) is 0 Å². The van der Waals surface area contributed by atoms with Gasteiger partial charge in [0.05, 0.1) is 18.6 Å². The smallest absolute Gasteiger partial charge is 0.330 e. The Labute approximate surface area is 320 Å². The number of fused-ring (bicyclic) bond motifs is 1. The second-order valence-corrected chi connectivity index (χ2v) is 13.1. The summed E-state index contributed by atoms with van der Waals surface area (Å²) in [5.74, 6) is -7.21. The largest absolute Gasteiger partial charge is 0.872 e. The monoisotopic (exact) mass is 800 g/mol. The molecule has 0 spiro atoms. The number of hydrogen-bond acceptors (Lipinski definition) is 20. The average Bonchev–Trinajstić information content (AvgIpc) is 3.17. The minimum atomic E-state index is -2.06. The van der Waals surface area contributed by atoms with Crippen LogP contribution in [0.3, 0.4) is 0 Å². The van der Waals surface area contributed by atoms with E-state index in [1.807, 2.05) is 0 Å². The number of esters is 1. The highest BCUT2D eigenvalue weighted by Crippen LogP contribution is 2.42. The van der Waals surface area contributed by atoms with Crippen LogP contribution in [0.1, 0.15) is 12.5 Å². The lowest BCUT2D eigenvalue weighted by atomic mass is 9.97. The molecule has 3 aromatic carbocycles. The Morgan fingerprint density at radius 2 is 1.54 bits per heavy atom. The number of phenolic OH excluding ortho intramolecular Hbond substituents is 4. The summed E-state index contributed by atoms with van der Waals surface area (Å²) in [6.45, 7) is 0.585. The maximum atomic E-state index is 13.9. The Balaban J connectivity index is 1.28. The Hall–Kier alpha value is -5.84. The first-order valence-electron chi connectivity index (χ1n) is 17.0. The second kappa shape index (κ2) is 16.3. The van der Waals surface area contributed by atoms with E-state index in [4.69, 9.17) is 32.8 Å². The highest BCUT2D eigenvalue weighted by molar-refractivity contribution is 5.88. The molecule has 57 heavy (non-hydrogen) atoms. The summed E-state index contributed by atoms with van der Waals surface area (Å²) in [5, 5.41) is 118. The molecule has 0 saturated carbocycles. The van der Waals surface area contributed by atoms with E-state index < -0.39 is 131 Å². The summed E-state index contributed by atoms with van der Waals surface area (Å²) in [5.41, 5.74) is -1.59. The van der Waals surface area contributed by atoms with Crippen LogP contribution in [0.25, 0.3) is 28.4 Å². The van der Waals surface area contributed by atoms with Gasteiger partial charge in [-0.05, 0) is 54.6 Å². The molecule has 6 rings (SSSR count). The van der Waals surface area contributed by atoms with Gasteiger partial charge in [-0.3, -0.25) is 4.79 Å². The molecule has 4 aromatic rings. The molecule has 20 nitrogen and oxygen atoms in total. The zero-order valence-corrected chi connectivity index (χ0v) is 29.7. The lowest BCUT2D eigenvalue weighted by Gasteiger charge is -2.45. The van der Waals surface area contributed by atoms with Crippen molar-refractivity contribution in [1.82, 2.24) is 0 Å². The van der Waals surface area contributed by atoms with E-state index in [9.17, 15) is 65.8 Å². The van der Waals surface area contributed by atoms with Gasteiger partial charge in [0.1, 0.15) is 66.1 Å². The molecular weight excluding hydrogens is 764 g/mol. The SMILES string of the molecule is COc1cc(/C=C/C(=O)OC[C@H]2O[C@@H](O[C@H]3[C@H](Oc4c(-c5cc(O)c([O-])c(O)c5)oc5cc(O)cc([O-])c5c4=O)O[C@@H](C)[C@H](O)[C@H]3O)[C@H](O)[C@@H](O)[C@@H]2O)ccc1O. The summed E-state index contributed by atoms with van der Waals surface area (Å²) >= 11 is 0. The Morgan fingerprint density at radius 1 is 0.842 bits per heavy atom. The van der Waals surface area contributed by atoms with Gasteiger partial charge in [0, 0.05) is 17.7 Å². The van der Waals surface area contributed by atoms with Gasteiger partial charge in [-0.1, -0.05) is 11.8 Å². The number of phenols is 4. The number of aromatic hydroxyl groups is 4. The molecule has 0 aliphatic carbocycles. The molecule has 20 heteroatoms. The molecule has 0 unspecified atom stereocenters. The highest BCUT2D eigenvalue weighted by Gasteiger charge is 2.51. The molecule has 2 aliphatic heterocycles.